The molecule has 0 aliphatic heterocycles. The molecular formula is C18H15N5OS. The summed E-state index contributed by atoms with van der Waals surface area (Å²) in [6.07, 6.45) is 1.88. The van der Waals surface area contributed by atoms with Gasteiger partial charge in [-0.25, -0.2) is 4.98 Å². The molecular weight excluding hydrogens is 334 g/mol. The van der Waals surface area contributed by atoms with E-state index in [2.05, 4.69) is 20.5 Å². The van der Waals surface area contributed by atoms with E-state index in [0.29, 0.717) is 11.5 Å². The smallest absolute Gasteiger partial charge is 0.271 e. The largest absolute Gasteiger partial charge is 0.341 e. The molecule has 0 saturated carbocycles. The van der Waals surface area contributed by atoms with Crippen LogP contribution in [-0.4, -0.2) is 25.5 Å². The summed E-state index contributed by atoms with van der Waals surface area (Å²) in [6.45, 7) is 1.88. The molecule has 1 atom stereocenters. The Morgan fingerprint density at radius 1 is 1.12 bits per heavy atom. The number of nitrogens with one attached hydrogen (secondary N) is 1. The summed E-state index contributed by atoms with van der Waals surface area (Å²) in [5, 5.41) is 13.8. The Bertz CT molecular complexity index is 1020. The number of fused-ring (bicyclic) bond motifs is 1. The van der Waals surface area contributed by atoms with Crippen molar-refractivity contribution in [2.45, 2.75) is 13.0 Å². The minimum atomic E-state index is -0.285. The third kappa shape index (κ3) is 3.01. The molecule has 0 radical (unpaired) electrons. The van der Waals surface area contributed by atoms with Crippen LogP contribution in [0.4, 0.5) is 0 Å². The maximum atomic E-state index is 12.5. The molecule has 3 heterocycles. The molecule has 0 saturated heterocycles. The molecule has 6 nitrogen and oxygen atoms in total. The van der Waals surface area contributed by atoms with E-state index in [1.165, 1.54) is 11.3 Å². The summed E-state index contributed by atoms with van der Waals surface area (Å²) < 4.78 is 1.86. The van der Waals surface area contributed by atoms with E-state index in [4.69, 9.17) is 0 Å². The Balaban J connectivity index is 1.53. The molecule has 1 aromatic carbocycles. The number of thiazole rings is 1. The van der Waals surface area contributed by atoms with E-state index >= 15 is 0 Å². The maximum absolute atomic E-state index is 12.5. The SMILES string of the molecule is C[C@@H](NC(=O)c1csc(-c2ccccc2)n1)c1nnc2ccccn12. The van der Waals surface area contributed by atoms with Crippen LogP contribution in [0.25, 0.3) is 16.2 Å². The third-order valence-electron chi connectivity index (χ3n) is 3.83. The molecule has 0 fully saturated rings. The zero-order valence-electron chi connectivity index (χ0n) is 13.5. The van der Waals surface area contributed by atoms with Crippen LogP contribution in [-0.2, 0) is 0 Å². The van der Waals surface area contributed by atoms with Crippen molar-refractivity contribution in [3.63, 3.8) is 0 Å². The van der Waals surface area contributed by atoms with Gasteiger partial charge in [0, 0.05) is 17.1 Å². The number of aromatic nitrogens is 4. The van der Waals surface area contributed by atoms with Crippen LogP contribution in [0.3, 0.4) is 0 Å². The van der Waals surface area contributed by atoms with Gasteiger partial charge in [0.1, 0.15) is 10.7 Å². The van der Waals surface area contributed by atoms with Crippen LogP contribution in [0.2, 0.25) is 0 Å². The minimum Gasteiger partial charge on any atom is -0.341 e. The normalized spacial score (nSPS) is 12.2. The van der Waals surface area contributed by atoms with E-state index in [0.717, 1.165) is 16.2 Å². The fourth-order valence-electron chi connectivity index (χ4n) is 2.58. The van der Waals surface area contributed by atoms with E-state index < -0.39 is 0 Å². The second-order valence-corrected chi connectivity index (χ2v) is 6.44. The van der Waals surface area contributed by atoms with Crippen molar-refractivity contribution in [1.29, 1.82) is 0 Å². The van der Waals surface area contributed by atoms with Gasteiger partial charge in [-0.1, -0.05) is 36.4 Å². The highest BCUT2D eigenvalue weighted by Crippen LogP contribution is 2.23. The number of pyridine rings is 1. The molecule has 1 N–H and O–H groups in total. The first kappa shape index (κ1) is 15.5. The van der Waals surface area contributed by atoms with Gasteiger partial charge in [-0.2, -0.15) is 0 Å². The first-order valence-electron chi connectivity index (χ1n) is 7.84. The molecule has 0 unspecified atom stereocenters. The van der Waals surface area contributed by atoms with Gasteiger partial charge in [0.25, 0.3) is 5.91 Å². The van der Waals surface area contributed by atoms with Crippen molar-refractivity contribution in [3.8, 4) is 10.6 Å². The van der Waals surface area contributed by atoms with Crippen LogP contribution in [0.15, 0.2) is 60.1 Å². The number of hydrogen-bond donors (Lipinski definition) is 1. The van der Waals surface area contributed by atoms with Crippen molar-refractivity contribution >= 4 is 22.9 Å². The van der Waals surface area contributed by atoms with Gasteiger partial charge in [0.05, 0.1) is 6.04 Å². The first-order valence-corrected chi connectivity index (χ1v) is 8.72. The maximum Gasteiger partial charge on any atom is 0.271 e. The quantitative estimate of drug-likeness (QED) is 0.613. The highest BCUT2D eigenvalue weighted by Gasteiger charge is 2.18. The molecule has 0 spiro atoms. The Morgan fingerprint density at radius 3 is 2.76 bits per heavy atom. The van der Waals surface area contributed by atoms with Gasteiger partial charge in [0.15, 0.2) is 11.5 Å². The van der Waals surface area contributed by atoms with Crippen molar-refractivity contribution in [1.82, 2.24) is 24.9 Å². The molecule has 1 amide bonds. The molecule has 25 heavy (non-hydrogen) atoms. The number of nitrogens with zero attached hydrogens (tertiary/aromatic N) is 4. The predicted molar refractivity (Wildman–Crippen MR) is 96.4 cm³/mol. The third-order valence-corrected chi connectivity index (χ3v) is 4.72. The van der Waals surface area contributed by atoms with E-state index in [1.54, 1.807) is 5.38 Å². The van der Waals surface area contributed by atoms with E-state index in [9.17, 15) is 4.79 Å². The lowest BCUT2D eigenvalue weighted by atomic mass is 10.2. The summed E-state index contributed by atoms with van der Waals surface area (Å²) in [6, 6.07) is 15.2. The van der Waals surface area contributed by atoms with E-state index in [-0.39, 0.29) is 11.9 Å². The standard InChI is InChI=1S/C18H15N5OS/c1-12(16-22-21-15-9-5-6-10-23(15)16)19-17(24)14-11-25-18(20-14)13-7-3-2-4-8-13/h2-12H,1H3,(H,19,24)/t12-/m1/s1. The molecule has 124 valence electrons. The number of rotatable bonds is 4. The first-order chi connectivity index (χ1) is 12.2. The van der Waals surface area contributed by atoms with Crippen molar-refractivity contribution < 1.29 is 4.79 Å². The van der Waals surface area contributed by atoms with Crippen LogP contribution in [0.5, 0.6) is 0 Å². The fraction of sp³-hybridized carbons (Fsp3) is 0.111. The minimum absolute atomic E-state index is 0.224. The van der Waals surface area contributed by atoms with Crippen LogP contribution in [0, 0.1) is 0 Å². The Morgan fingerprint density at radius 2 is 1.92 bits per heavy atom. The Kier molecular flexibility index (Phi) is 3.99. The van der Waals surface area contributed by atoms with Gasteiger partial charge in [-0.05, 0) is 19.1 Å². The van der Waals surface area contributed by atoms with Crippen molar-refractivity contribution in [2.24, 2.45) is 0 Å². The van der Waals surface area contributed by atoms with Crippen LogP contribution >= 0.6 is 11.3 Å². The molecule has 4 rings (SSSR count). The number of hydrogen-bond acceptors (Lipinski definition) is 5. The monoisotopic (exact) mass is 349 g/mol. The second-order valence-electron chi connectivity index (χ2n) is 5.59. The predicted octanol–water partition coefficient (Wildman–Crippen LogP) is 3.34. The molecule has 4 aromatic rings. The lowest BCUT2D eigenvalue weighted by Crippen LogP contribution is -2.28. The number of carbonyl (C=O) groups excluding carboxylic acids is 1. The van der Waals surface area contributed by atoms with E-state index in [1.807, 2.05) is 66.1 Å². The summed E-state index contributed by atoms with van der Waals surface area (Å²) in [5.74, 6) is 0.459. The van der Waals surface area contributed by atoms with Crippen LogP contribution < -0.4 is 5.32 Å². The van der Waals surface area contributed by atoms with Gasteiger partial charge >= 0.3 is 0 Å². The lowest BCUT2D eigenvalue weighted by molar-refractivity contribution is 0.0934. The highest BCUT2D eigenvalue weighted by atomic mass is 32.1. The zero-order chi connectivity index (χ0) is 17.2. The number of benzene rings is 1. The Labute approximate surface area is 148 Å². The average Bonchev–Trinajstić information content (AvgIpc) is 3.30. The fourth-order valence-corrected chi connectivity index (χ4v) is 3.39. The van der Waals surface area contributed by atoms with Crippen LogP contribution in [0.1, 0.15) is 29.3 Å². The van der Waals surface area contributed by atoms with Gasteiger partial charge in [-0.15, -0.1) is 21.5 Å². The molecule has 0 aliphatic carbocycles. The molecule has 3 aromatic heterocycles. The zero-order valence-corrected chi connectivity index (χ0v) is 14.3. The lowest BCUT2D eigenvalue weighted by Gasteiger charge is -2.11. The highest BCUT2D eigenvalue weighted by molar-refractivity contribution is 7.13. The number of amides is 1. The summed E-state index contributed by atoms with van der Waals surface area (Å²) in [5.41, 5.74) is 2.16. The number of carbonyl (C=O) groups is 1. The van der Waals surface area contributed by atoms with Crippen molar-refractivity contribution in [3.05, 3.63) is 71.6 Å². The topological polar surface area (TPSA) is 72.2 Å². The van der Waals surface area contributed by atoms with Gasteiger partial charge in [0.2, 0.25) is 0 Å². The molecule has 0 bridgehead atoms. The average molecular weight is 349 g/mol. The van der Waals surface area contributed by atoms with Gasteiger partial charge < -0.3 is 5.32 Å². The summed E-state index contributed by atoms with van der Waals surface area (Å²) in [4.78, 5) is 16.9. The molecule has 7 heteroatoms. The van der Waals surface area contributed by atoms with Crippen molar-refractivity contribution in [2.75, 3.05) is 0 Å². The van der Waals surface area contributed by atoms with Gasteiger partial charge in [-0.3, -0.25) is 9.20 Å². The molecule has 0 aliphatic rings. The summed E-state index contributed by atoms with van der Waals surface area (Å²) >= 11 is 1.45. The summed E-state index contributed by atoms with van der Waals surface area (Å²) in [7, 11) is 0. The Hall–Kier alpha value is -3.06. The second kappa shape index (κ2) is 6.45.